The summed E-state index contributed by atoms with van der Waals surface area (Å²) < 4.78 is 1.73. The molecular formula is C10H11Br2N5O. The quantitative estimate of drug-likeness (QED) is 0.345. The summed E-state index contributed by atoms with van der Waals surface area (Å²) in [6.45, 7) is 0.642. The molecule has 0 heterocycles. The predicted molar refractivity (Wildman–Crippen MR) is 75.8 cm³/mol. The molecule has 96 valence electrons. The minimum absolute atomic E-state index is 0.262. The van der Waals surface area contributed by atoms with Crippen molar-refractivity contribution in [3.05, 3.63) is 43.2 Å². The first-order chi connectivity index (χ1) is 8.56. The van der Waals surface area contributed by atoms with Gasteiger partial charge < -0.3 is 11.1 Å². The van der Waals surface area contributed by atoms with Crippen LogP contribution in [0, 0.1) is 0 Å². The van der Waals surface area contributed by atoms with Crippen LogP contribution < -0.4 is 11.1 Å². The van der Waals surface area contributed by atoms with Crippen molar-refractivity contribution in [2.24, 2.45) is 10.8 Å². The molecule has 1 unspecified atom stereocenters. The van der Waals surface area contributed by atoms with Gasteiger partial charge in [-0.2, -0.15) is 0 Å². The van der Waals surface area contributed by atoms with Crippen LogP contribution in [-0.4, -0.2) is 19.0 Å². The number of carbonyl (C=O) groups excluding carboxylic acids is 1. The number of primary amides is 1. The van der Waals surface area contributed by atoms with Gasteiger partial charge in [0.2, 0.25) is 5.91 Å². The maximum Gasteiger partial charge on any atom is 0.239 e. The smallest absolute Gasteiger partial charge is 0.239 e. The minimum Gasteiger partial charge on any atom is -0.368 e. The topological polar surface area (TPSA) is 104 Å². The number of nitrogens with two attached hydrogens (primary N) is 1. The number of carbonyl (C=O) groups is 1. The second-order valence-corrected chi connectivity index (χ2v) is 5.13. The lowest BCUT2D eigenvalue weighted by Gasteiger charge is -2.15. The molecule has 0 radical (unpaired) electrons. The number of rotatable bonds is 6. The largest absolute Gasteiger partial charge is 0.368 e. The monoisotopic (exact) mass is 375 g/mol. The van der Waals surface area contributed by atoms with Gasteiger partial charge in [-0.1, -0.05) is 11.2 Å². The average molecular weight is 377 g/mol. The van der Waals surface area contributed by atoms with Crippen LogP contribution in [0.3, 0.4) is 0 Å². The summed E-state index contributed by atoms with van der Waals surface area (Å²) in [5.41, 5.74) is 14.2. The van der Waals surface area contributed by atoms with E-state index in [0.717, 1.165) is 14.5 Å². The van der Waals surface area contributed by atoms with Crippen molar-refractivity contribution in [2.45, 2.75) is 6.04 Å². The molecule has 1 atom stereocenters. The molecule has 1 amide bonds. The van der Waals surface area contributed by atoms with Gasteiger partial charge in [-0.15, -0.1) is 0 Å². The number of halogens is 2. The van der Waals surface area contributed by atoms with E-state index in [4.69, 9.17) is 11.3 Å². The fourth-order valence-corrected chi connectivity index (χ4v) is 2.02. The van der Waals surface area contributed by atoms with Crippen LogP contribution in [0.15, 0.2) is 32.3 Å². The maximum absolute atomic E-state index is 11.4. The summed E-state index contributed by atoms with van der Waals surface area (Å²) in [4.78, 5) is 14.0. The van der Waals surface area contributed by atoms with Gasteiger partial charge in [0.1, 0.15) is 6.04 Å². The number of azide groups is 1. The van der Waals surface area contributed by atoms with E-state index in [0.29, 0.717) is 6.54 Å². The zero-order valence-corrected chi connectivity index (χ0v) is 12.5. The number of benzene rings is 1. The number of amides is 1. The molecule has 1 rings (SSSR count). The first-order valence-corrected chi connectivity index (χ1v) is 6.63. The van der Waals surface area contributed by atoms with Crippen LogP contribution in [-0.2, 0) is 4.79 Å². The molecular weight excluding hydrogens is 366 g/mol. The number of nitrogens with one attached hydrogen (secondary N) is 1. The first kappa shape index (κ1) is 15.0. The molecule has 0 spiro atoms. The number of hydrogen-bond donors (Lipinski definition) is 2. The Morgan fingerprint density at radius 1 is 1.50 bits per heavy atom. The maximum atomic E-state index is 11.4. The van der Waals surface area contributed by atoms with Gasteiger partial charge in [0.15, 0.2) is 0 Å². The van der Waals surface area contributed by atoms with E-state index in [9.17, 15) is 4.79 Å². The molecule has 0 aliphatic carbocycles. The molecule has 0 saturated carbocycles. The van der Waals surface area contributed by atoms with E-state index >= 15 is 0 Å². The first-order valence-electron chi connectivity index (χ1n) is 5.04. The summed E-state index contributed by atoms with van der Waals surface area (Å²) in [7, 11) is 0. The van der Waals surface area contributed by atoms with Crippen molar-refractivity contribution < 1.29 is 4.79 Å². The third-order valence-electron chi connectivity index (χ3n) is 2.19. The lowest BCUT2D eigenvalue weighted by molar-refractivity contribution is -0.120. The van der Waals surface area contributed by atoms with E-state index in [2.05, 4.69) is 47.2 Å². The van der Waals surface area contributed by atoms with E-state index in [-0.39, 0.29) is 6.54 Å². The summed E-state index contributed by atoms with van der Waals surface area (Å²) in [6.07, 6.45) is 0. The van der Waals surface area contributed by atoms with Crippen LogP contribution in [0.4, 0.5) is 0 Å². The van der Waals surface area contributed by atoms with Crippen molar-refractivity contribution in [2.75, 3.05) is 13.1 Å². The molecule has 0 aliphatic rings. The highest BCUT2D eigenvalue weighted by molar-refractivity contribution is 9.13. The zero-order chi connectivity index (χ0) is 13.5. The Morgan fingerprint density at radius 3 is 2.78 bits per heavy atom. The summed E-state index contributed by atoms with van der Waals surface area (Å²) in [5, 5.41) is 6.32. The van der Waals surface area contributed by atoms with Crippen LogP contribution in [0.1, 0.15) is 11.6 Å². The molecule has 1 aromatic rings. The van der Waals surface area contributed by atoms with Crippen molar-refractivity contribution in [3.8, 4) is 0 Å². The van der Waals surface area contributed by atoms with Crippen LogP contribution in [0.5, 0.6) is 0 Å². The Labute approximate surface area is 121 Å². The van der Waals surface area contributed by atoms with Gasteiger partial charge in [-0.25, -0.2) is 0 Å². The van der Waals surface area contributed by atoms with E-state index in [1.165, 1.54) is 0 Å². The molecule has 1 aromatic carbocycles. The summed E-state index contributed by atoms with van der Waals surface area (Å²) >= 11 is 6.71. The van der Waals surface area contributed by atoms with Crippen molar-refractivity contribution in [1.29, 1.82) is 0 Å². The molecule has 6 nitrogen and oxygen atoms in total. The number of nitrogens with zero attached hydrogens (tertiary/aromatic N) is 3. The van der Waals surface area contributed by atoms with E-state index in [1.807, 2.05) is 6.07 Å². The van der Waals surface area contributed by atoms with Gasteiger partial charge >= 0.3 is 0 Å². The second-order valence-electron chi connectivity index (χ2n) is 3.42. The standard InChI is InChI=1S/C10H11Br2N5O/c11-7-2-1-6(5-8(7)12)9(10(13)18)15-3-4-16-17-14/h1-2,5,9,15H,3-4H2,(H2,13,18). The highest BCUT2D eigenvalue weighted by atomic mass is 79.9. The Balaban J connectivity index is 2.80. The SMILES string of the molecule is [N-]=[N+]=NCCNC(C(N)=O)c1ccc(Br)c(Br)c1. The lowest BCUT2D eigenvalue weighted by atomic mass is 10.1. The second kappa shape index (κ2) is 7.38. The zero-order valence-electron chi connectivity index (χ0n) is 9.31. The molecule has 0 aromatic heterocycles. The third-order valence-corrected chi connectivity index (χ3v) is 4.06. The fourth-order valence-electron chi connectivity index (χ4n) is 1.38. The fraction of sp³-hybridized carbons (Fsp3) is 0.300. The molecule has 8 heteroatoms. The Kier molecular flexibility index (Phi) is 6.14. The molecule has 3 N–H and O–H groups in total. The molecule has 0 saturated heterocycles. The summed E-state index contributed by atoms with van der Waals surface area (Å²) in [5.74, 6) is -0.481. The predicted octanol–water partition coefficient (Wildman–Crippen LogP) is 2.64. The van der Waals surface area contributed by atoms with E-state index in [1.54, 1.807) is 12.1 Å². The highest BCUT2D eigenvalue weighted by Crippen LogP contribution is 2.26. The normalized spacial score (nSPS) is 11.7. The van der Waals surface area contributed by atoms with Crippen molar-refractivity contribution in [3.63, 3.8) is 0 Å². The molecule has 0 bridgehead atoms. The van der Waals surface area contributed by atoms with Gasteiger partial charge in [-0.05, 0) is 55.1 Å². The number of hydrogen-bond acceptors (Lipinski definition) is 3. The Hall–Kier alpha value is -1.08. The Bertz CT molecular complexity index is 487. The average Bonchev–Trinajstić information content (AvgIpc) is 2.32. The van der Waals surface area contributed by atoms with Crippen LogP contribution >= 0.6 is 31.9 Å². The highest BCUT2D eigenvalue weighted by Gasteiger charge is 2.17. The summed E-state index contributed by atoms with van der Waals surface area (Å²) in [6, 6.07) is 4.82. The van der Waals surface area contributed by atoms with Gasteiger partial charge in [0.05, 0.1) is 0 Å². The van der Waals surface area contributed by atoms with E-state index < -0.39 is 11.9 Å². The molecule has 0 aliphatic heterocycles. The molecule has 18 heavy (non-hydrogen) atoms. The van der Waals surface area contributed by atoms with Gasteiger partial charge in [0.25, 0.3) is 0 Å². The van der Waals surface area contributed by atoms with Crippen LogP contribution in [0.2, 0.25) is 0 Å². The Morgan fingerprint density at radius 2 is 2.22 bits per heavy atom. The van der Waals surface area contributed by atoms with Gasteiger partial charge in [-0.3, -0.25) is 4.79 Å². The third kappa shape index (κ3) is 4.30. The lowest BCUT2D eigenvalue weighted by Crippen LogP contribution is -2.34. The minimum atomic E-state index is -0.608. The van der Waals surface area contributed by atoms with Gasteiger partial charge in [0, 0.05) is 26.9 Å². The van der Waals surface area contributed by atoms with Crippen molar-refractivity contribution >= 4 is 37.8 Å². The molecule has 0 fully saturated rings. The van der Waals surface area contributed by atoms with Crippen LogP contribution in [0.25, 0.3) is 10.4 Å². The van der Waals surface area contributed by atoms with Crippen molar-refractivity contribution in [1.82, 2.24) is 5.32 Å².